The Hall–Kier alpha value is -1.44. The van der Waals surface area contributed by atoms with Gasteiger partial charge in [-0.2, -0.15) is 0 Å². The lowest BCUT2D eigenvalue weighted by atomic mass is 10.2. The minimum Gasteiger partial charge on any atom is -0.293 e. The normalized spacial score (nSPS) is 11.5. The molecule has 1 aromatic rings. The number of hydrogen-bond acceptors (Lipinski definition) is 2. The number of aliphatic imine (C=N–C) groups is 1. The number of Topliss-reactive ketones (excluding diaryl/α,β-unsaturated/α-hetero) is 1. The molecule has 13 heavy (non-hydrogen) atoms. The molecule has 1 aromatic carbocycles. The fourth-order valence-electron chi connectivity index (χ4n) is 0.892. The Bertz CT molecular complexity index is 336. The lowest BCUT2D eigenvalue weighted by molar-refractivity contribution is -0.111. The number of aryl methyl sites for hydroxylation is 1. The minimum absolute atomic E-state index is 0.0144. The van der Waals surface area contributed by atoms with Crippen molar-refractivity contribution in [3.05, 3.63) is 29.8 Å². The third-order valence-corrected chi connectivity index (χ3v) is 1.84. The molecule has 0 fully saturated rings. The third kappa shape index (κ3) is 2.82. The number of benzene rings is 1. The van der Waals surface area contributed by atoms with E-state index in [1.807, 2.05) is 31.2 Å². The summed E-state index contributed by atoms with van der Waals surface area (Å²) in [6.45, 7) is 5.26. The molecular weight excluding hydrogens is 162 g/mol. The molecule has 1 rings (SSSR count). The molecule has 68 valence electrons. The van der Waals surface area contributed by atoms with Crippen molar-refractivity contribution in [3.63, 3.8) is 0 Å². The summed E-state index contributed by atoms with van der Waals surface area (Å²) in [6, 6.07) is 7.77. The molecule has 0 radical (unpaired) electrons. The van der Waals surface area contributed by atoms with E-state index < -0.39 is 0 Å². The second-order valence-electron chi connectivity index (χ2n) is 3.09. The average molecular weight is 175 g/mol. The monoisotopic (exact) mass is 175 g/mol. The predicted molar refractivity (Wildman–Crippen MR) is 54.6 cm³/mol. The van der Waals surface area contributed by atoms with Crippen LogP contribution in [0, 0.1) is 6.92 Å². The first kappa shape index (κ1) is 9.65. The minimum atomic E-state index is 0.0144. The third-order valence-electron chi connectivity index (χ3n) is 1.84. The van der Waals surface area contributed by atoms with Gasteiger partial charge < -0.3 is 0 Å². The summed E-state index contributed by atoms with van der Waals surface area (Å²) in [7, 11) is 0. The number of ketones is 1. The molecule has 2 nitrogen and oxygen atoms in total. The molecule has 0 N–H and O–H groups in total. The Kier molecular flexibility index (Phi) is 2.96. The SMILES string of the molecule is CC(=O)/C(C)=N/c1ccc(C)cc1. The van der Waals surface area contributed by atoms with E-state index in [9.17, 15) is 4.79 Å². The van der Waals surface area contributed by atoms with Crippen LogP contribution in [0.15, 0.2) is 29.3 Å². The van der Waals surface area contributed by atoms with E-state index in [4.69, 9.17) is 0 Å². The van der Waals surface area contributed by atoms with Gasteiger partial charge in [-0.1, -0.05) is 17.7 Å². The molecule has 0 aliphatic carbocycles. The predicted octanol–water partition coefficient (Wildman–Crippen LogP) is 2.68. The van der Waals surface area contributed by atoms with Gasteiger partial charge in [-0.05, 0) is 26.0 Å². The van der Waals surface area contributed by atoms with E-state index in [0.29, 0.717) is 5.71 Å². The van der Waals surface area contributed by atoms with Crippen molar-refractivity contribution in [1.82, 2.24) is 0 Å². The molecule has 0 aliphatic heterocycles. The Morgan fingerprint density at radius 1 is 1.15 bits per heavy atom. The Morgan fingerprint density at radius 3 is 2.15 bits per heavy atom. The smallest absolute Gasteiger partial charge is 0.173 e. The molecule has 0 aromatic heterocycles. The van der Waals surface area contributed by atoms with Gasteiger partial charge in [0.15, 0.2) is 5.78 Å². The average Bonchev–Trinajstić information content (AvgIpc) is 2.08. The number of hydrogen-bond donors (Lipinski definition) is 0. The van der Waals surface area contributed by atoms with Crippen molar-refractivity contribution in [3.8, 4) is 0 Å². The summed E-state index contributed by atoms with van der Waals surface area (Å²) in [5, 5.41) is 0. The Morgan fingerprint density at radius 2 is 1.69 bits per heavy atom. The van der Waals surface area contributed by atoms with Gasteiger partial charge in [0.2, 0.25) is 0 Å². The Balaban J connectivity index is 2.92. The van der Waals surface area contributed by atoms with Crippen LogP contribution in [0.4, 0.5) is 5.69 Å². The number of carbonyl (C=O) groups excluding carboxylic acids is 1. The fourth-order valence-corrected chi connectivity index (χ4v) is 0.892. The lowest BCUT2D eigenvalue weighted by Crippen LogP contribution is -2.03. The fraction of sp³-hybridized carbons (Fsp3) is 0.273. The highest BCUT2D eigenvalue weighted by Gasteiger charge is 1.97. The summed E-state index contributed by atoms with van der Waals surface area (Å²) in [4.78, 5) is 15.1. The molecule has 0 spiro atoms. The van der Waals surface area contributed by atoms with Gasteiger partial charge in [0.1, 0.15) is 0 Å². The molecule has 0 atom stereocenters. The lowest BCUT2D eigenvalue weighted by Gasteiger charge is -1.96. The van der Waals surface area contributed by atoms with Gasteiger partial charge in [0, 0.05) is 6.92 Å². The summed E-state index contributed by atoms with van der Waals surface area (Å²) in [6.07, 6.45) is 0. The molecular formula is C11H13NO. The van der Waals surface area contributed by atoms with Crippen LogP contribution < -0.4 is 0 Å². The van der Waals surface area contributed by atoms with Crippen molar-refractivity contribution in [1.29, 1.82) is 0 Å². The summed E-state index contributed by atoms with van der Waals surface area (Å²) < 4.78 is 0. The zero-order valence-electron chi connectivity index (χ0n) is 8.16. The van der Waals surface area contributed by atoms with Crippen molar-refractivity contribution in [2.75, 3.05) is 0 Å². The maximum Gasteiger partial charge on any atom is 0.173 e. The standard InChI is InChI=1S/C11H13NO/c1-8-4-6-11(7-5-8)12-9(2)10(3)13/h4-7H,1-3H3/b12-9+. The molecule has 0 aliphatic rings. The molecule has 0 saturated heterocycles. The van der Waals surface area contributed by atoms with Crippen molar-refractivity contribution in [2.24, 2.45) is 4.99 Å². The molecule has 0 heterocycles. The van der Waals surface area contributed by atoms with Crippen LogP contribution >= 0.6 is 0 Å². The number of rotatable bonds is 2. The van der Waals surface area contributed by atoms with Crippen LogP contribution in [0.25, 0.3) is 0 Å². The second kappa shape index (κ2) is 3.99. The van der Waals surface area contributed by atoms with Crippen molar-refractivity contribution in [2.45, 2.75) is 20.8 Å². The van der Waals surface area contributed by atoms with Gasteiger partial charge in [-0.3, -0.25) is 9.79 Å². The summed E-state index contributed by atoms with van der Waals surface area (Å²) in [5.41, 5.74) is 2.57. The number of nitrogens with zero attached hydrogens (tertiary/aromatic N) is 1. The van der Waals surface area contributed by atoms with Crippen LogP contribution in [0.5, 0.6) is 0 Å². The van der Waals surface area contributed by atoms with Crippen molar-refractivity contribution < 1.29 is 4.79 Å². The maximum absolute atomic E-state index is 10.9. The van der Waals surface area contributed by atoms with E-state index in [1.165, 1.54) is 12.5 Å². The quantitative estimate of drug-likeness (QED) is 0.635. The van der Waals surface area contributed by atoms with E-state index in [2.05, 4.69) is 4.99 Å². The van der Waals surface area contributed by atoms with Crippen LogP contribution in [-0.2, 0) is 4.79 Å². The Labute approximate surface area is 78.3 Å². The zero-order valence-corrected chi connectivity index (χ0v) is 8.16. The van der Waals surface area contributed by atoms with Gasteiger partial charge in [-0.25, -0.2) is 0 Å². The summed E-state index contributed by atoms with van der Waals surface area (Å²) in [5.74, 6) is 0.0144. The van der Waals surface area contributed by atoms with Gasteiger partial charge in [0.25, 0.3) is 0 Å². The van der Waals surface area contributed by atoms with Crippen molar-refractivity contribution >= 4 is 17.2 Å². The van der Waals surface area contributed by atoms with Crippen LogP contribution in [-0.4, -0.2) is 11.5 Å². The van der Waals surface area contributed by atoms with Gasteiger partial charge in [0.05, 0.1) is 11.4 Å². The van der Waals surface area contributed by atoms with E-state index in [1.54, 1.807) is 6.92 Å². The first-order chi connectivity index (χ1) is 6.09. The zero-order chi connectivity index (χ0) is 9.84. The van der Waals surface area contributed by atoms with Gasteiger partial charge >= 0.3 is 0 Å². The van der Waals surface area contributed by atoms with Crippen LogP contribution in [0.2, 0.25) is 0 Å². The highest BCUT2D eigenvalue weighted by Crippen LogP contribution is 2.12. The molecule has 0 unspecified atom stereocenters. The van der Waals surface area contributed by atoms with Gasteiger partial charge in [-0.15, -0.1) is 0 Å². The van der Waals surface area contributed by atoms with E-state index in [-0.39, 0.29) is 5.78 Å². The maximum atomic E-state index is 10.9. The molecule has 0 bridgehead atoms. The molecule has 0 amide bonds. The molecule has 2 heteroatoms. The van der Waals surface area contributed by atoms with E-state index in [0.717, 1.165) is 5.69 Å². The van der Waals surface area contributed by atoms with Crippen LogP contribution in [0.3, 0.4) is 0 Å². The largest absolute Gasteiger partial charge is 0.293 e. The highest BCUT2D eigenvalue weighted by atomic mass is 16.1. The van der Waals surface area contributed by atoms with E-state index >= 15 is 0 Å². The summed E-state index contributed by atoms with van der Waals surface area (Å²) >= 11 is 0. The second-order valence-corrected chi connectivity index (χ2v) is 3.09. The topological polar surface area (TPSA) is 29.4 Å². The highest BCUT2D eigenvalue weighted by molar-refractivity contribution is 6.38. The van der Waals surface area contributed by atoms with Crippen LogP contribution in [0.1, 0.15) is 19.4 Å². The first-order valence-corrected chi connectivity index (χ1v) is 4.22. The molecule has 0 saturated carbocycles. The first-order valence-electron chi connectivity index (χ1n) is 4.22. The number of carbonyl (C=O) groups is 1.